The minimum Gasteiger partial charge on any atom is -0.497 e. The molecule has 0 heterocycles. The van der Waals surface area contributed by atoms with Crippen LogP contribution in [0.4, 0.5) is 0 Å². The summed E-state index contributed by atoms with van der Waals surface area (Å²) in [5, 5.41) is 0. The van der Waals surface area contributed by atoms with Crippen LogP contribution in [0.5, 0.6) is 11.5 Å². The number of hydrogen-bond donors (Lipinski definition) is 0. The summed E-state index contributed by atoms with van der Waals surface area (Å²) < 4.78 is 16.0. The Kier molecular flexibility index (Phi) is 6.37. The van der Waals surface area contributed by atoms with Crippen molar-refractivity contribution in [2.75, 3.05) is 20.8 Å². The minimum absolute atomic E-state index is 0.227. The maximum absolute atomic E-state index is 13.0. The minimum atomic E-state index is -0.888. The van der Waals surface area contributed by atoms with Crippen LogP contribution in [0.3, 0.4) is 0 Å². The summed E-state index contributed by atoms with van der Waals surface area (Å²) in [6.45, 7) is 3.99. The van der Waals surface area contributed by atoms with Crippen molar-refractivity contribution >= 4 is 17.3 Å². The van der Waals surface area contributed by atoms with Crippen molar-refractivity contribution < 1.29 is 23.8 Å². The van der Waals surface area contributed by atoms with Crippen molar-refractivity contribution in [3.8, 4) is 11.5 Å². The van der Waals surface area contributed by atoms with Crippen LogP contribution in [0, 0.1) is 12.8 Å². The lowest BCUT2D eigenvalue weighted by Crippen LogP contribution is -2.34. The lowest BCUT2D eigenvalue weighted by Gasteiger charge is -2.30. The van der Waals surface area contributed by atoms with E-state index in [2.05, 4.69) is 0 Å². The quantitative estimate of drug-likeness (QED) is 0.539. The molecule has 0 saturated carbocycles. The summed E-state index contributed by atoms with van der Waals surface area (Å²) in [5.74, 6) is -0.768. The molecule has 5 nitrogen and oxygen atoms in total. The molecule has 2 atom stereocenters. The maximum Gasteiger partial charge on any atom is 0.317 e. The zero-order chi connectivity index (χ0) is 21.0. The van der Waals surface area contributed by atoms with E-state index in [9.17, 15) is 9.59 Å². The molecule has 1 aliphatic carbocycles. The predicted octanol–water partition coefficient (Wildman–Crippen LogP) is 4.33. The number of methoxy groups -OCH3 is 2. The van der Waals surface area contributed by atoms with Crippen molar-refractivity contribution in [1.29, 1.82) is 0 Å². The van der Waals surface area contributed by atoms with Gasteiger partial charge in [-0.2, -0.15) is 0 Å². The molecule has 0 radical (unpaired) electrons. The van der Waals surface area contributed by atoms with Gasteiger partial charge < -0.3 is 14.2 Å². The lowest BCUT2D eigenvalue weighted by molar-refractivity contribution is -0.151. The van der Waals surface area contributed by atoms with Crippen LogP contribution >= 0.6 is 0 Å². The third-order valence-electron chi connectivity index (χ3n) is 5.23. The van der Waals surface area contributed by atoms with Crippen LogP contribution in [0.2, 0.25) is 0 Å². The van der Waals surface area contributed by atoms with Gasteiger partial charge in [-0.1, -0.05) is 29.8 Å². The number of ketones is 1. The monoisotopic (exact) mass is 394 g/mol. The first-order valence-electron chi connectivity index (χ1n) is 9.67. The SMILES string of the molecule is CCOC(=O)C1C(=O)C=C(c2ccc(C)cc2)CC1c1cc(OC)cc(OC)c1. The van der Waals surface area contributed by atoms with Crippen LogP contribution in [-0.4, -0.2) is 32.6 Å². The van der Waals surface area contributed by atoms with Gasteiger partial charge in [-0.15, -0.1) is 0 Å². The van der Waals surface area contributed by atoms with Crippen molar-refractivity contribution in [3.05, 3.63) is 65.2 Å². The molecule has 0 aliphatic heterocycles. The molecule has 2 aromatic rings. The number of esters is 1. The van der Waals surface area contributed by atoms with E-state index in [1.54, 1.807) is 33.3 Å². The number of carbonyl (C=O) groups is 2. The molecule has 2 aromatic carbocycles. The summed E-state index contributed by atoms with van der Waals surface area (Å²) in [7, 11) is 3.15. The second-order valence-corrected chi connectivity index (χ2v) is 7.12. The van der Waals surface area contributed by atoms with Crippen molar-refractivity contribution in [1.82, 2.24) is 0 Å². The number of rotatable bonds is 6. The van der Waals surface area contributed by atoms with Crippen molar-refractivity contribution in [2.45, 2.75) is 26.2 Å². The Morgan fingerprint density at radius 2 is 1.66 bits per heavy atom. The maximum atomic E-state index is 13.0. The van der Waals surface area contributed by atoms with Gasteiger partial charge >= 0.3 is 5.97 Å². The van der Waals surface area contributed by atoms with E-state index in [1.165, 1.54) is 0 Å². The van der Waals surface area contributed by atoms with E-state index in [0.29, 0.717) is 17.9 Å². The van der Waals surface area contributed by atoms with Crippen molar-refractivity contribution in [3.63, 3.8) is 0 Å². The third-order valence-corrected chi connectivity index (χ3v) is 5.23. The number of allylic oxidation sites excluding steroid dienone is 2. The standard InChI is InChI=1S/C24H26O5/c1-5-29-24(26)23-21(18-10-19(27-3)14-20(11-18)28-4)12-17(13-22(23)25)16-8-6-15(2)7-9-16/h6-11,13-14,21,23H,5,12H2,1-4H3. The van der Waals surface area contributed by atoms with Crippen LogP contribution in [0.25, 0.3) is 5.57 Å². The molecule has 0 fully saturated rings. The molecule has 1 aliphatic rings. The summed E-state index contributed by atoms with van der Waals surface area (Å²) >= 11 is 0. The molecule has 0 aromatic heterocycles. The van der Waals surface area contributed by atoms with E-state index in [-0.39, 0.29) is 18.3 Å². The fourth-order valence-electron chi connectivity index (χ4n) is 3.71. The molecule has 5 heteroatoms. The molecule has 0 amide bonds. The molecule has 3 rings (SSSR count). The molecule has 0 bridgehead atoms. The Bertz CT molecular complexity index is 905. The van der Waals surface area contributed by atoms with Gasteiger partial charge in [0.05, 0.1) is 20.8 Å². The Balaban J connectivity index is 2.07. The highest BCUT2D eigenvalue weighted by Gasteiger charge is 2.40. The van der Waals surface area contributed by atoms with Crippen LogP contribution < -0.4 is 9.47 Å². The van der Waals surface area contributed by atoms with Gasteiger partial charge in [-0.25, -0.2) is 0 Å². The lowest BCUT2D eigenvalue weighted by atomic mass is 9.73. The van der Waals surface area contributed by atoms with Gasteiger partial charge in [0, 0.05) is 12.0 Å². The number of carbonyl (C=O) groups excluding carboxylic acids is 2. The van der Waals surface area contributed by atoms with Crippen LogP contribution in [-0.2, 0) is 14.3 Å². The average molecular weight is 394 g/mol. The molecule has 29 heavy (non-hydrogen) atoms. The molecular formula is C24H26O5. The van der Waals surface area contributed by atoms with E-state index < -0.39 is 11.9 Å². The van der Waals surface area contributed by atoms with Gasteiger partial charge in [-0.3, -0.25) is 9.59 Å². The normalized spacial score (nSPS) is 18.8. The van der Waals surface area contributed by atoms with Crippen LogP contribution in [0.1, 0.15) is 36.0 Å². The second kappa shape index (κ2) is 8.95. The van der Waals surface area contributed by atoms with Gasteiger partial charge in [0.2, 0.25) is 0 Å². The number of hydrogen-bond acceptors (Lipinski definition) is 5. The van der Waals surface area contributed by atoms with Gasteiger partial charge in [0.15, 0.2) is 5.78 Å². The summed E-state index contributed by atoms with van der Waals surface area (Å²) in [4.78, 5) is 25.7. The third kappa shape index (κ3) is 4.50. The van der Waals surface area contributed by atoms with Gasteiger partial charge in [-0.05, 0) is 55.2 Å². The van der Waals surface area contributed by atoms with E-state index in [1.807, 2.05) is 43.3 Å². The fourth-order valence-corrected chi connectivity index (χ4v) is 3.71. The van der Waals surface area contributed by atoms with E-state index in [4.69, 9.17) is 14.2 Å². The Labute approximate surface area is 171 Å². The Morgan fingerprint density at radius 1 is 1.03 bits per heavy atom. The van der Waals surface area contributed by atoms with Crippen molar-refractivity contribution in [2.24, 2.45) is 5.92 Å². The Hall–Kier alpha value is -3.08. The smallest absolute Gasteiger partial charge is 0.317 e. The van der Waals surface area contributed by atoms with Crippen LogP contribution in [0.15, 0.2) is 48.5 Å². The molecule has 2 unspecified atom stereocenters. The number of benzene rings is 2. The van der Waals surface area contributed by atoms with E-state index in [0.717, 1.165) is 22.3 Å². The molecule has 0 saturated heterocycles. The van der Waals surface area contributed by atoms with Gasteiger partial charge in [0.25, 0.3) is 0 Å². The highest BCUT2D eigenvalue weighted by Crippen LogP contribution is 2.42. The molecular weight excluding hydrogens is 368 g/mol. The highest BCUT2D eigenvalue weighted by atomic mass is 16.5. The molecule has 0 N–H and O–H groups in total. The first-order chi connectivity index (χ1) is 14.0. The summed E-state index contributed by atoms with van der Waals surface area (Å²) in [6, 6.07) is 13.5. The summed E-state index contributed by atoms with van der Waals surface area (Å²) in [6.07, 6.45) is 2.12. The largest absolute Gasteiger partial charge is 0.497 e. The zero-order valence-corrected chi connectivity index (χ0v) is 17.2. The highest BCUT2D eigenvalue weighted by molar-refractivity contribution is 6.10. The van der Waals surface area contributed by atoms with Gasteiger partial charge in [0.1, 0.15) is 17.4 Å². The first kappa shape index (κ1) is 20.6. The fraction of sp³-hybridized carbons (Fsp3) is 0.333. The van der Waals surface area contributed by atoms with E-state index >= 15 is 0 Å². The average Bonchev–Trinajstić information content (AvgIpc) is 2.73. The topological polar surface area (TPSA) is 61.8 Å². The molecule has 0 spiro atoms. The second-order valence-electron chi connectivity index (χ2n) is 7.12. The molecule has 152 valence electrons. The first-order valence-corrected chi connectivity index (χ1v) is 9.67. The Morgan fingerprint density at radius 3 is 2.21 bits per heavy atom. The number of ether oxygens (including phenoxy) is 3. The number of aryl methyl sites for hydroxylation is 1. The zero-order valence-electron chi connectivity index (χ0n) is 17.2. The summed E-state index contributed by atoms with van der Waals surface area (Å²) in [5.41, 5.74) is 3.84. The predicted molar refractivity (Wildman–Crippen MR) is 111 cm³/mol.